The molecule has 0 spiro atoms. The number of benzene rings is 1. The van der Waals surface area contributed by atoms with Gasteiger partial charge >= 0.3 is 0 Å². The lowest BCUT2D eigenvalue weighted by atomic mass is 9.74. The van der Waals surface area contributed by atoms with E-state index in [0.717, 1.165) is 18.4 Å². The van der Waals surface area contributed by atoms with Gasteiger partial charge in [-0.2, -0.15) is 0 Å². The normalized spacial score (nSPS) is 27.0. The summed E-state index contributed by atoms with van der Waals surface area (Å²) in [5.74, 6) is -0.0607. The molecule has 112 valence electrons. The van der Waals surface area contributed by atoms with Crippen LogP contribution in [-0.2, 0) is 15.4 Å². The molecule has 0 heterocycles. The summed E-state index contributed by atoms with van der Waals surface area (Å²) in [4.78, 5) is 0. The molecule has 0 aliphatic heterocycles. The van der Waals surface area contributed by atoms with Crippen molar-refractivity contribution in [2.75, 3.05) is 6.26 Å². The maximum Gasteiger partial charge on any atom is 0.150 e. The van der Waals surface area contributed by atoms with Gasteiger partial charge in [-0.25, -0.2) is 8.42 Å². The van der Waals surface area contributed by atoms with Crippen LogP contribution in [-0.4, -0.2) is 25.0 Å². The lowest BCUT2D eigenvalue weighted by Gasteiger charge is -2.38. The highest BCUT2D eigenvalue weighted by Crippen LogP contribution is 2.41. The maximum absolute atomic E-state index is 11.7. The second kappa shape index (κ2) is 5.66. The van der Waals surface area contributed by atoms with Crippen LogP contribution in [0.4, 0.5) is 0 Å². The van der Waals surface area contributed by atoms with E-state index in [-0.39, 0.29) is 11.2 Å². The molecule has 0 bridgehead atoms. The Morgan fingerprint density at radius 2 is 2.05 bits per heavy atom. The van der Waals surface area contributed by atoms with Crippen LogP contribution >= 0.6 is 11.6 Å². The van der Waals surface area contributed by atoms with Gasteiger partial charge in [0.2, 0.25) is 0 Å². The molecular formula is C15H21ClO3S. The zero-order valence-corrected chi connectivity index (χ0v) is 13.4. The van der Waals surface area contributed by atoms with Crippen molar-refractivity contribution in [3.8, 4) is 0 Å². The summed E-state index contributed by atoms with van der Waals surface area (Å²) in [7, 11) is -3.05. The van der Waals surface area contributed by atoms with Gasteiger partial charge in [-0.15, -0.1) is 0 Å². The Morgan fingerprint density at radius 3 is 2.65 bits per heavy atom. The fraction of sp³-hybridized carbons (Fsp3) is 0.600. The molecule has 1 saturated carbocycles. The van der Waals surface area contributed by atoms with Crippen LogP contribution in [0.25, 0.3) is 0 Å². The molecule has 0 radical (unpaired) electrons. The van der Waals surface area contributed by atoms with Crippen molar-refractivity contribution in [2.24, 2.45) is 5.92 Å². The molecule has 3 unspecified atom stereocenters. The molecule has 1 fully saturated rings. The minimum absolute atomic E-state index is 0.0607. The van der Waals surface area contributed by atoms with Crippen molar-refractivity contribution >= 4 is 21.4 Å². The Kier molecular flexibility index (Phi) is 4.47. The molecule has 2 rings (SSSR count). The van der Waals surface area contributed by atoms with Gasteiger partial charge in [0.1, 0.15) is 9.84 Å². The molecule has 1 aliphatic carbocycles. The van der Waals surface area contributed by atoms with Crippen LogP contribution < -0.4 is 0 Å². The summed E-state index contributed by atoms with van der Waals surface area (Å²) < 4.78 is 23.5. The van der Waals surface area contributed by atoms with Crippen molar-refractivity contribution in [3.63, 3.8) is 0 Å². The van der Waals surface area contributed by atoms with Gasteiger partial charge in [0.15, 0.2) is 0 Å². The van der Waals surface area contributed by atoms with Crippen LogP contribution in [0.5, 0.6) is 0 Å². The van der Waals surface area contributed by atoms with Gasteiger partial charge in [-0.05, 0) is 49.8 Å². The zero-order valence-electron chi connectivity index (χ0n) is 11.8. The summed E-state index contributed by atoms with van der Waals surface area (Å²) >= 11 is 5.98. The summed E-state index contributed by atoms with van der Waals surface area (Å²) in [5.41, 5.74) is -0.294. The number of hydrogen-bond donors (Lipinski definition) is 1. The highest BCUT2D eigenvalue weighted by atomic mass is 35.5. The van der Waals surface area contributed by atoms with Crippen LogP contribution in [0.1, 0.15) is 38.2 Å². The van der Waals surface area contributed by atoms with E-state index in [0.29, 0.717) is 17.9 Å². The molecule has 3 nitrogen and oxygen atoms in total. The Bertz CT molecular complexity index is 581. The van der Waals surface area contributed by atoms with Crippen LogP contribution in [0, 0.1) is 5.92 Å². The van der Waals surface area contributed by atoms with Gasteiger partial charge in [0.25, 0.3) is 0 Å². The molecule has 20 heavy (non-hydrogen) atoms. The Hall–Kier alpha value is -0.580. The molecule has 1 N–H and O–H groups in total. The van der Waals surface area contributed by atoms with Crippen molar-refractivity contribution in [3.05, 3.63) is 34.9 Å². The van der Waals surface area contributed by atoms with E-state index < -0.39 is 15.4 Å². The summed E-state index contributed by atoms with van der Waals surface area (Å²) in [6, 6.07) is 7.17. The molecule has 1 aromatic carbocycles. The Labute approximate surface area is 125 Å². The number of aliphatic hydroxyl groups is 1. The number of halogens is 1. The largest absolute Gasteiger partial charge is 0.385 e. The van der Waals surface area contributed by atoms with Crippen molar-refractivity contribution in [1.82, 2.24) is 0 Å². The number of rotatable bonds is 3. The molecule has 5 heteroatoms. The van der Waals surface area contributed by atoms with Gasteiger partial charge in [0.05, 0.1) is 10.9 Å². The maximum atomic E-state index is 11.7. The van der Waals surface area contributed by atoms with Crippen LogP contribution in [0.15, 0.2) is 24.3 Å². The molecule has 0 amide bonds. The van der Waals surface area contributed by atoms with Crippen LogP contribution in [0.2, 0.25) is 5.02 Å². The minimum Gasteiger partial charge on any atom is -0.385 e. The lowest BCUT2D eigenvalue weighted by molar-refractivity contribution is -0.0208. The Balaban J connectivity index is 2.25. The van der Waals surface area contributed by atoms with Gasteiger partial charge in [-0.3, -0.25) is 0 Å². The van der Waals surface area contributed by atoms with E-state index in [1.165, 1.54) is 6.26 Å². The molecular weight excluding hydrogens is 296 g/mol. The SMILES string of the molecule is CC(O)(c1cccc(Cl)c1)C1CCCC(S(C)(=O)=O)C1. The smallest absolute Gasteiger partial charge is 0.150 e. The van der Waals surface area contributed by atoms with E-state index >= 15 is 0 Å². The first kappa shape index (κ1) is 15.8. The summed E-state index contributed by atoms with van der Waals surface area (Å²) in [5, 5.41) is 11.1. The standard InChI is InChI=1S/C15H21ClO3S/c1-15(17,11-5-3-7-13(16)9-11)12-6-4-8-14(10-12)20(2,18)19/h3,5,7,9,12,14,17H,4,6,8,10H2,1-2H3. The first-order valence-electron chi connectivity index (χ1n) is 6.88. The third-order valence-electron chi connectivity index (χ3n) is 4.44. The first-order valence-corrected chi connectivity index (χ1v) is 9.22. The van der Waals surface area contributed by atoms with Gasteiger partial charge in [-0.1, -0.05) is 30.2 Å². The summed E-state index contributed by atoms with van der Waals surface area (Å²) in [6.45, 7) is 1.76. The third-order valence-corrected chi connectivity index (χ3v) is 6.31. The molecule has 1 aliphatic rings. The molecule has 0 aromatic heterocycles. The van der Waals surface area contributed by atoms with Crippen molar-refractivity contribution < 1.29 is 13.5 Å². The highest BCUT2D eigenvalue weighted by Gasteiger charge is 2.39. The van der Waals surface area contributed by atoms with Crippen molar-refractivity contribution in [1.29, 1.82) is 0 Å². The number of sulfone groups is 1. The predicted octanol–water partition coefficient (Wildman–Crippen LogP) is 3.15. The third kappa shape index (κ3) is 3.35. The minimum atomic E-state index is -3.05. The number of hydrogen-bond acceptors (Lipinski definition) is 3. The molecule has 1 aromatic rings. The van der Waals surface area contributed by atoms with E-state index in [2.05, 4.69) is 0 Å². The average Bonchev–Trinajstić information content (AvgIpc) is 2.38. The lowest BCUT2D eigenvalue weighted by Crippen LogP contribution is -2.38. The van der Waals surface area contributed by atoms with E-state index in [9.17, 15) is 13.5 Å². The average molecular weight is 317 g/mol. The zero-order chi connectivity index (χ0) is 15.0. The predicted molar refractivity (Wildman–Crippen MR) is 81.6 cm³/mol. The molecule has 3 atom stereocenters. The second-order valence-electron chi connectivity index (χ2n) is 5.97. The summed E-state index contributed by atoms with van der Waals surface area (Å²) in [6.07, 6.45) is 4.16. The van der Waals surface area contributed by atoms with Gasteiger partial charge < -0.3 is 5.11 Å². The fourth-order valence-corrected chi connectivity index (χ4v) is 4.45. The van der Waals surface area contributed by atoms with E-state index in [4.69, 9.17) is 11.6 Å². The second-order valence-corrected chi connectivity index (χ2v) is 8.74. The Morgan fingerprint density at radius 1 is 1.35 bits per heavy atom. The highest BCUT2D eigenvalue weighted by molar-refractivity contribution is 7.91. The van der Waals surface area contributed by atoms with E-state index in [1.807, 2.05) is 12.1 Å². The van der Waals surface area contributed by atoms with Crippen molar-refractivity contribution in [2.45, 2.75) is 43.5 Å². The molecule has 0 saturated heterocycles. The first-order chi connectivity index (χ1) is 9.21. The van der Waals surface area contributed by atoms with Gasteiger partial charge in [0, 0.05) is 11.3 Å². The van der Waals surface area contributed by atoms with E-state index in [1.54, 1.807) is 19.1 Å². The topological polar surface area (TPSA) is 54.4 Å². The monoisotopic (exact) mass is 316 g/mol. The van der Waals surface area contributed by atoms with Crippen LogP contribution in [0.3, 0.4) is 0 Å². The fourth-order valence-electron chi connectivity index (χ4n) is 3.08. The quantitative estimate of drug-likeness (QED) is 0.932.